The molecule has 0 aliphatic heterocycles. The molecule has 30 heavy (non-hydrogen) atoms. The van der Waals surface area contributed by atoms with Crippen molar-refractivity contribution in [3.8, 4) is 6.07 Å². The van der Waals surface area contributed by atoms with Crippen LogP contribution in [0.4, 0.5) is 11.4 Å². The van der Waals surface area contributed by atoms with E-state index in [0.29, 0.717) is 22.5 Å². The van der Waals surface area contributed by atoms with E-state index in [1.54, 1.807) is 38.1 Å². The third-order valence-electron chi connectivity index (χ3n) is 3.84. The Morgan fingerprint density at radius 1 is 1.23 bits per heavy atom. The van der Waals surface area contributed by atoms with Crippen molar-refractivity contribution in [2.75, 3.05) is 31.0 Å². The van der Waals surface area contributed by atoms with Crippen LogP contribution in [0.1, 0.15) is 13.8 Å². The SMILES string of the molecule is CCOC(=O)/C(C#N)=c1/s/c(=C/Nc2ccc(NC(=O)COC)cc2)c(=O)n1CC. The van der Waals surface area contributed by atoms with Gasteiger partial charge >= 0.3 is 5.97 Å². The minimum absolute atomic E-state index is 0.0360. The lowest BCUT2D eigenvalue weighted by molar-refractivity contribution is -0.136. The van der Waals surface area contributed by atoms with Gasteiger partial charge in [0.2, 0.25) is 5.91 Å². The van der Waals surface area contributed by atoms with Gasteiger partial charge < -0.3 is 20.1 Å². The van der Waals surface area contributed by atoms with Gasteiger partial charge in [-0.2, -0.15) is 5.26 Å². The number of carbonyl (C=O) groups is 2. The second-order valence-corrected chi connectivity index (χ2v) is 6.91. The average Bonchev–Trinajstić information content (AvgIpc) is 3.03. The van der Waals surface area contributed by atoms with Gasteiger partial charge in [0.1, 0.15) is 21.9 Å². The third-order valence-corrected chi connectivity index (χ3v) is 4.97. The van der Waals surface area contributed by atoms with Crippen LogP contribution in [-0.2, 0) is 25.6 Å². The van der Waals surface area contributed by atoms with Gasteiger partial charge in [-0.25, -0.2) is 4.79 Å². The maximum absolute atomic E-state index is 12.6. The first kappa shape index (κ1) is 22.9. The second kappa shape index (κ2) is 10.9. The van der Waals surface area contributed by atoms with E-state index >= 15 is 0 Å². The van der Waals surface area contributed by atoms with Gasteiger partial charge in [-0.15, -0.1) is 11.3 Å². The van der Waals surface area contributed by atoms with Crippen molar-refractivity contribution in [1.82, 2.24) is 4.57 Å². The molecule has 0 aliphatic carbocycles. The lowest BCUT2D eigenvalue weighted by Crippen LogP contribution is -2.32. The van der Waals surface area contributed by atoms with Crippen molar-refractivity contribution >= 4 is 46.4 Å². The molecule has 0 spiro atoms. The molecule has 0 saturated carbocycles. The first-order valence-corrected chi connectivity index (χ1v) is 9.93. The number of ether oxygens (including phenoxy) is 2. The van der Waals surface area contributed by atoms with Crippen LogP contribution in [0.3, 0.4) is 0 Å². The number of nitrogens with zero attached hydrogens (tertiary/aromatic N) is 2. The van der Waals surface area contributed by atoms with Crippen LogP contribution >= 0.6 is 11.3 Å². The predicted molar refractivity (Wildman–Crippen MR) is 114 cm³/mol. The maximum Gasteiger partial charge on any atom is 0.351 e. The largest absolute Gasteiger partial charge is 0.462 e. The van der Waals surface area contributed by atoms with E-state index < -0.39 is 5.97 Å². The van der Waals surface area contributed by atoms with E-state index in [-0.39, 0.29) is 34.9 Å². The standard InChI is InChI=1S/C20H22N4O5S/c1-4-24-18(26)16(30-19(24)15(10-21)20(27)29-5-2)11-22-13-6-8-14(9-7-13)23-17(25)12-28-3/h6-9,11,22H,4-5,12H2,1-3H3,(H,23,25)/b16-11+,19-15+. The number of esters is 1. The quantitative estimate of drug-likeness (QED) is 0.588. The summed E-state index contributed by atoms with van der Waals surface area (Å²) in [6.45, 7) is 3.80. The molecule has 0 saturated heterocycles. The Labute approximate surface area is 176 Å². The number of nitriles is 1. The molecular weight excluding hydrogens is 408 g/mol. The summed E-state index contributed by atoms with van der Waals surface area (Å²) < 4.78 is 11.6. The third kappa shape index (κ3) is 5.56. The fraction of sp³-hybridized carbons (Fsp3) is 0.300. The van der Waals surface area contributed by atoms with Crippen LogP contribution in [0.5, 0.6) is 0 Å². The lowest BCUT2D eigenvalue weighted by Gasteiger charge is -2.05. The van der Waals surface area contributed by atoms with Crippen LogP contribution in [-0.4, -0.2) is 36.8 Å². The van der Waals surface area contributed by atoms with E-state index in [1.165, 1.54) is 17.9 Å². The molecule has 10 heteroatoms. The molecule has 1 aromatic carbocycles. The predicted octanol–water partition coefficient (Wildman–Crippen LogP) is 0.602. The summed E-state index contributed by atoms with van der Waals surface area (Å²) in [5.74, 6) is -1.02. The first-order chi connectivity index (χ1) is 14.4. The highest BCUT2D eigenvalue weighted by molar-refractivity contribution is 7.07. The van der Waals surface area contributed by atoms with Gasteiger partial charge in [0.15, 0.2) is 5.57 Å². The smallest absolute Gasteiger partial charge is 0.351 e. The molecule has 2 aromatic rings. The summed E-state index contributed by atoms with van der Waals surface area (Å²) in [5.41, 5.74) is 0.783. The van der Waals surface area contributed by atoms with Crippen molar-refractivity contribution in [1.29, 1.82) is 5.26 Å². The molecule has 2 N–H and O–H groups in total. The number of anilines is 2. The molecule has 0 fully saturated rings. The first-order valence-electron chi connectivity index (χ1n) is 9.11. The van der Waals surface area contributed by atoms with Gasteiger partial charge in [0.25, 0.3) is 5.56 Å². The zero-order valence-electron chi connectivity index (χ0n) is 16.9. The normalized spacial score (nSPS) is 12.1. The van der Waals surface area contributed by atoms with E-state index in [4.69, 9.17) is 9.47 Å². The van der Waals surface area contributed by atoms with Crippen molar-refractivity contribution < 1.29 is 19.1 Å². The number of amides is 1. The number of benzene rings is 1. The molecule has 9 nitrogen and oxygen atoms in total. The Morgan fingerprint density at radius 3 is 2.47 bits per heavy atom. The van der Waals surface area contributed by atoms with Crippen LogP contribution in [0.15, 0.2) is 29.1 Å². The van der Waals surface area contributed by atoms with Gasteiger partial charge in [0, 0.05) is 31.2 Å². The van der Waals surface area contributed by atoms with Crippen LogP contribution < -0.4 is 25.4 Å². The Kier molecular flexibility index (Phi) is 8.34. The lowest BCUT2D eigenvalue weighted by atomic mass is 10.3. The van der Waals surface area contributed by atoms with Crippen LogP contribution in [0, 0.1) is 11.3 Å². The number of methoxy groups -OCH3 is 1. The highest BCUT2D eigenvalue weighted by Gasteiger charge is 2.16. The molecule has 0 unspecified atom stereocenters. The maximum atomic E-state index is 12.6. The molecular formula is C20H22N4O5S. The molecule has 0 atom stereocenters. The van der Waals surface area contributed by atoms with E-state index in [2.05, 4.69) is 10.6 Å². The number of hydrogen-bond donors (Lipinski definition) is 2. The molecule has 2 rings (SSSR count). The molecule has 0 radical (unpaired) electrons. The average molecular weight is 430 g/mol. The zero-order valence-corrected chi connectivity index (χ0v) is 17.7. The summed E-state index contributed by atoms with van der Waals surface area (Å²) in [6, 6.07) is 8.71. The van der Waals surface area contributed by atoms with E-state index in [0.717, 1.165) is 11.3 Å². The fourth-order valence-electron chi connectivity index (χ4n) is 2.50. The monoisotopic (exact) mass is 430 g/mol. The number of thiazole rings is 1. The number of carbonyl (C=O) groups excluding carboxylic acids is 2. The summed E-state index contributed by atoms with van der Waals surface area (Å²) >= 11 is 1.03. The molecule has 1 heterocycles. The fourth-order valence-corrected chi connectivity index (χ4v) is 3.58. The van der Waals surface area contributed by atoms with Crippen molar-refractivity contribution in [3.63, 3.8) is 0 Å². The summed E-state index contributed by atoms with van der Waals surface area (Å²) in [7, 11) is 1.44. The van der Waals surface area contributed by atoms with Crippen molar-refractivity contribution in [2.24, 2.45) is 0 Å². The van der Waals surface area contributed by atoms with Gasteiger partial charge in [-0.3, -0.25) is 14.2 Å². The minimum Gasteiger partial charge on any atom is -0.462 e. The second-order valence-electron chi connectivity index (χ2n) is 5.88. The number of hydrogen-bond acceptors (Lipinski definition) is 8. The summed E-state index contributed by atoms with van der Waals surface area (Å²) in [6.07, 6.45) is 1.52. The number of aromatic nitrogens is 1. The number of rotatable bonds is 8. The topological polar surface area (TPSA) is 122 Å². The van der Waals surface area contributed by atoms with Crippen molar-refractivity contribution in [2.45, 2.75) is 20.4 Å². The van der Waals surface area contributed by atoms with Crippen molar-refractivity contribution in [3.05, 3.63) is 43.8 Å². The minimum atomic E-state index is -0.755. The zero-order chi connectivity index (χ0) is 22.1. The molecule has 0 bridgehead atoms. The highest BCUT2D eigenvalue weighted by atomic mass is 32.1. The Hall–Kier alpha value is -3.42. The Bertz CT molecular complexity index is 1130. The van der Waals surface area contributed by atoms with Gasteiger partial charge in [0.05, 0.1) is 6.61 Å². The Morgan fingerprint density at radius 2 is 1.90 bits per heavy atom. The summed E-state index contributed by atoms with van der Waals surface area (Å²) in [4.78, 5) is 36.2. The Balaban J connectivity index is 2.34. The molecule has 1 amide bonds. The highest BCUT2D eigenvalue weighted by Crippen LogP contribution is 2.13. The van der Waals surface area contributed by atoms with E-state index in [1.807, 2.05) is 6.07 Å². The van der Waals surface area contributed by atoms with Gasteiger partial charge in [-0.05, 0) is 38.1 Å². The van der Waals surface area contributed by atoms with Crippen LogP contribution in [0.2, 0.25) is 0 Å². The summed E-state index contributed by atoms with van der Waals surface area (Å²) in [5, 5.41) is 15.1. The van der Waals surface area contributed by atoms with E-state index in [9.17, 15) is 19.6 Å². The molecule has 1 aromatic heterocycles. The number of nitrogens with one attached hydrogen (secondary N) is 2. The van der Waals surface area contributed by atoms with Crippen LogP contribution in [0.25, 0.3) is 11.8 Å². The van der Waals surface area contributed by atoms with Gasteiger partial charge in [-0.1, -0.05) is 0 Å². The molecule has 0 aliphatic rings. The molecule has 158 valence electrons.